The molecule has 0 unspecified atom stereocenters. The maximum Gasteiger partial charge on any atom is 0.305 e. The number of nitrogens with zero attached hydrogens (tertiary/aromatic N) is 2. The van der Waals surface area contributed by atoms with Gasteiger partial charge in [0.05, 0.1) is 6.42 Å². The number of pyridine rings is 1. The van der Waals surface area contributed by atoms with Crippen molar-refractivity contribution in [3.8, 4) is 0 Å². The average Bonchev–Trinajstić information content (AvgIpc) is 2.42. The number of carbonyl (C=O) groups is 2. The third kappa shape index (κ3) is 4.33. The van der Waals surface area contributed by atoms with E-state index in [1.165, 1.54) is 4.90 Å². The molecule has 0 spiro atoms. The lowest BCUT2D eigenvalue weighted by molar-refractivity contribution is -0.136. The Bertz CT molecular complexity index is 453. The summed E-state index contributed by atoms with van der Waals surface area (Å²) in [5.41, 5.74) is 1.00. The van der Waals surface area contributed by atoms with E-state index in [0.29, 0.717) is 5.82 Å². The molecule has 1 aromatic heterocycles. The summed E-state index contributed by atoms with van der Waals surface area (Å²) in [5, 5.41) is 8.83. The van der Waals surface area contributed by atoms with Crippen molar-refractivity contribution in [3.05, 3.63) is 23.9 Å². The van der Waals surface area contributed by atoms with Gasteiger partial charge < -0.3 is 5.11 Å². The summed E-state index contributed by atoms with van der Waals surface area (Å²) in [5.74, 6) is -0.535. The van der Waals surface area contributed by atoms with E-state index in [1.807, 2.05) is 26.8 Å². The largest absolute Gasteiger partial charge is 0.481 e. The molecular formula is C15H22N2O3. The Balaban J connectivity index is 2.97. The molecule has 0 aliphatic heterocycles. The molecule has 110 valence electrons. The Kier molecular flexibility index (Phi) is 6.15. The molecule has 1 heterocycles. The normalized spacial score (nSPS) is 10.6. The number of carboxylic acid groups (broad SMARTS) is 1. The molecule has 0 aliphatic carbocycles. The number of carbonyl (C=O) groups excluding carboxylic acids is 1. The molecule has 5 heteroatoms. The zero-order valence-electron chi connectivity index (χ0n) is 12.3. The van der Waals surface area contributed by atoms with Gasteiger partial charge in [-0.25, -0.2) is 4.98 Å². The van der Waals surface area contributed by atoms with Gasteiger partial charge in [-0.05, 0) is 31.4 Å². The molecule has 1 amide bonds. The van der Waals surface area contributed by atoms with Crippen LogP contribution in [-0.2, 0) is 9.59 Å². The fraction of sp³-hybridized carbons (Fsp3) is 0.533. The third-order valence-corrected chi connectivity index (χ3v) is 3.32. The van der Waals surface area contributed by atoms with E-state index in [2.05, 4.69) is 4.98 Å². The summed E-state index contributed by atoms with van der Waals surface area (Å²) >= 11 is 0. The minimum absolute atomic E-state index is 0.0485. The van der Waals surface area contributed by atoms with E-state index in [4.69, 9.17) is 5.11 Å². The van der Waals surface area contributed by atoms with E-state index in [-0.39, 0.29) is 24.8 Å². The first kappa shape index (κ1) is 16.1. The SMILES string of the molecule is CCC(CC)C(=O)N(CCC(=O)O)c1ccc(C)cn1. The van der Waals surface area contributed by atoms with Crippen LogP contribution in [0.2, 0.25) is 0 Å². The number of carboxylic acids is 1. The van der Waals surface area contributed by atoms with E-state index >= 15 is 0 Å². The Morgan fingerprint density at radius 2 is 1.95 bits per heavy atom. The summed E-state index contributed by atoms with van der Waals surface area (Å²) in [6, 6.07) is 3.63. The number of aryl methyl sites for hydroxylation is 1. The van der Waals surface area contributed by atoms with Crippen LogP contribution in [0, 0.1) is 12.8 Å². The highest BCUT2D eigenvalue weighted by Crippen LogP contribution is 2.18. The minimum atomic E-state index is -0.917. The molecule has 0 aliphatic rings. The van der Waals surface area contributed by atoms with Crippen molar-refractivity contribution in [2.75, 3.05) is 11.4 Å². The van der Waals surface area contributed by atoms with Gasteiger partial charge in [-0.1, -0.05) is 19.9 Å². The van der Waals surface area contributed by atoms with Crippen LogP contribution >= 0.6 is 0 Å². The molecule has 20 heavy (non-hydrogen) atoms. The van der Waals surface area contributed by atoms with Crippen LogP contribution in [0.5, 0.6) is 0 Å². The molecule has 1 aromatic rings. The molecule has 5 nitrogen and oxygen atoms in total. The molecule has 0 atom stereocenters. The number of amides is 1. The molecule has 0 aromatic carbocycles. The van der Waals surface area contributed by atoms with Gasteiger partial charge in [-0.3, -0.25) is 14.5 Å². The first-order chi connectivity index (χ1) is 9.49. The zero-order chi connectivity index (χ0) is 15.1. The van der Waals surface area contributed by atoms with Crippen LogP contribution in [0.25, 0.3) is 0 Å². The first-order valence-electron chi connectivity index (χ1n) is 6.95. The van der Waals surface area contributed by atoms with Gasteiger partial charge in [-0.2, -0.15) is 0 Å². The summed E-state index contributed by atoms with van der Waals surface area (Å²) in [4.78, 5) is 29.0. The van der Waals surface area contributed by atoms with Crippen molar-refractivity contribution in [2.45, 2.75) is 40.0 Å². The predicted octanol–water partition coefficient (Wildman–Crippen LogP) is 2.63. The molecule has 0 radical (unpaired) electrons. The molecule has 1 N–H and O–H groups in total. The predicted molar refractivity (Wildman–Crippen MR) is 77.7 cm³/mol. The summed E-state index contributed by atoms with van der Waals surface area (Å²) < 4.78 is 0. The highest BCUT2D eigenvalue weighted by molar-refractivity contribution is 5.94. The summed E-state index contributed by atoms with van der Waals surface area (Å²) in [6.45, 7) is 6.00. The standard InChI is InChI=1S/C15H22N2O3/c1-4-12(5-2)15(20)17(9-8-14(18)19)13-7-6-11(3)10-16-13/h6-7,10,12H,4-5,8-9H2,1-3H3,(H,18,19). The summed E-state index contributed by atoms with van der Waals surface area (Å²) in [6.07, 6.45) is 3.08. The quantitative estimate of drug-likeness (QED) is 0.832. The molecule has 0 saturated heterocycles. The van der Waals surface area contributed by atoms with E-state index in [9.17, 15) is 9.59 Å². The van der Waals surface area contributed by atoms with Crippen molar-refractivity contribution >= 4 is 17.7 Å². The van der Waals surface area contributed by atoms with Crippen molar-refractivity contribution < 1.29 is 14.7 Å². The van der Waals surface area contributed by atoms with Crippen LogP contribution in [0.1, 0.15) is 38.7 Å². The fourth-order valence-corrected chi connectivity index (χ4v) is 2.02. The monoisotopic (exact) mass is 278 g/mol. The van der Waals surface area contributed by atoms with Crippen molar-refractivity contribution in [3.63, 3.8) is 0 Å². The van der Waals surface area contributed by atoms with Gasteiger partial charge in [0.25, 0.3) is 0 Å². The Morgan fingerprint density at radius 1 is 1.30 bits per heavy atom. The highest BCUT2D eigenvalue weighted by atomic mass is 16.4. The summed E-state index contributed by atoms with van der Waals surface area (Å²) in [7, 11) is 0. The molecule has 1 rings (SSSR count). The number of aliphatic carboxylic acids is 1. The molecule has 0 fully saturated rings. The third-order valence-electron chi connectivity index (χ3n) is 3.32. The lowest BCUT2D eigenvalue weighted by Crippen LogP contribution is -2.38. The lowest BCUT2D eigenvalue weighted by Gasteiger charge is -2.25. The number of aromatic nitrogens is 1. The molecular weight excluding hydrogens is 256 g/mol. The van der Waals surface area contributed by atoms with Gasteiger partial charge in [0.2, 0.25) is 5.91 Å². The first-order valence-corrected chi connectivity index (χ1v) is 6.95. The number of anilines is 1. The van der Waals surface area contributed by atoms with Gasteiger partial charge >= 0.3 is 5.97 Å². The Labute approximate surface area is 119 Å². The van der Waals surface area contributed by atoms with Crippen LogP contribution < -0.4 is 4.90 Å². The second kappa shape index (κ2) is 7.62. The van der Waals surface area contributed by atoms with Crippen LogP contribution in [-0.4, -0.2) is 28.5 Å². The molecule has 0 saturated carbocycles. The van der Waals surface area contributed by atoms with E-state index in [1.54, 1.807) is 12.3 Å². The number of hydrogen-bond donors (Lipinski definition) is 1. The number of hydrogen-bond acceptors (Lipinski definition) is 3. The maximum atomic E-state index is 12.5. The van der Waals surface area contributed by atoms with E-state index in [0.717, 1.165) is 18.4 Å². The van der Waals surface area contributed by atoms with Crippen molar-refractivity contribution in [2.24, 2.45) is 5.92 Å². The van der Waals surface area contributed by atoms with Crippen LogP contribution in [0.3, 0.4) is 0 Å². The zero-order valence-corrected chi connectivity index (χ0v) is 12.3. The molecule has 0 bridgehead atoms. The van der Waals surface area contributed by atoms with Crippen molar-refractivity contribution in [1.82, 2.24) is 4.98 Å². The van der Waals surface area contributed by atoms with Gasteiger partial charge in [-0.15, -0.1) is 0 Å². The minimum Gasteiger partial charge on any atom is -0.481 e. The average molecular weight is 278 g/mol. The fourth-order valence-electron chi connectivity index (χ4n) is 2.02. The van der Waals surface area contributed by atoms with E-state index < -0.39 is 5.97 Å². The maximum absolute atomic E-state index is 12.5. The topological polar surface area (TPSA) is 70.5 Å². The van der Waals surface area contributed by atoms with Gasteiger partial charge in [0.1, 0.15) is 5.82 Å². The second-order valence-electron chi connectivity index (χ2n) is 4.84. The van der Waals surface area contributed by atoms with Gasteiger partial charge in [0, 0.05) is 18.7 Å². The lowest BCUT2D eigenvalue weighted by atomic mass is 10.0. The van der Waals surface area contributed by atoms with Crippen LogP contribution in [0.15, 0.2) is 18.3 Å². The Hall–Kier alpha value is -1.91. The smallest absolute Gasteiger partial charge is 0.305 e. The van der Waals surface area contributed by atoms with Gasteiger partial charge in [0.15, 0.2) is 0 Å². The second-order valence-corrected chi connectivity index (χ2v) is 4.84. The Morgan fingerprint density at radius 3 is 2.40 bits per heavy atom. The van der Waals surface area contributed by atoms with Crippen molar-refractivity contribution in [1.29, 1.82) is 0 Å². The van der Waals surface area contributed by atoms with Crippen LogP contribution in [0.4, 0.5) is 5.82 Å². The number of rotatable bonds is 7. The highest BCUT2D eigenvalue weighted by Gasteiger charge is 2.24.